The summed E-state index contributed by atoms with van der Waals surface area (Å²) in [5, 5.41) is 2.62. The fourth-order valence-electron chi connectivity index (χ4n) is 2.09. The first-order chi connectivity index (χ1) is 11.9. The van der Waals surface area contributed by atoms with E-state index in [0.717, 1.165) is 5.56 Å². The van der Waals surface area contributed by atoms with E-state index < -0.39 is 15.9 Å². The van der Waals surface area contributed by atoms with E-state index in [4.69, 9.17) is 0 Å². The smallest absolute Gasteiger partial charge is 0.235 e. The van der Waals surface area contributed by atoms with E-state index >= 15 is 0 Å². The number of carbonyl (C=O) groups excluding carboxylic acids is 2. The van der Waals surface area contributed by atoms with Gasteiger partial charge in [-0.05, 0) is 36.2 Å². The van der Waals surface area contributed by atoms with Gasteiger partial charge in [0.2, 0.25) is 15.9 Å². The zero-order valence-electron chi connectivity index (χ0n) is 13.7. The molecule has 0 radical (unpaired) electrons. The molecular weight excluding hydrogens is 342 g/mol. The van der Waals surface area contributed by atoms with Gasteiger partial charge in [-0.25, -0.2) is 13.1 Å². The molecule has 2 rings (SSSR count). The first-order valence-corrected chi connectivity index (χ1v) is 9.24. The summed E-state index contributed by atoms with van der Waals surface area (Å²) in [5.74, 6) is -0.869. The van der Waals surface area contributed by atoms with Gasteiger partial charge in [-0.3, -0.25) is 14.6 Å². The molecule has 0 aliphatic heterocycles. The number of nitrogens with one attached hydrogen (secondary N) is 2. The molecule has 8 heteroatoms. The van der Waals surface area contributed by atoms with Crippen molar-refractivity contribution >= 4 is 21.7 Å². The third kappa shape index (κ3) is 6.44. The zero-order valence-corrected chi connectivity index (χ0v) is 14.5. The Morgan fingerprint density at radius 1 is 1.08 bits per heavy atom. The highest BCUT2D eigenvalue weighted by Crippen LogP contribution is 2.09. The van der Waals surface area contributed by atoms with Gasteiger partial charge in [0, 0.05) is 24.5 Å². The Bertz CT molecular complexity index is 851. The highest BCUT2D eigenvalue weighted by molar-refractivity contribution is 7.88. The molecule has 0 bridgehead atoms. The lowest BCUT2D eigenvalue weighted by Crippen LogP contribution is -2.37. The lowest BCUT2D eigenvalue weighted by atomic mass is 10.1. The zero-order chi connectivity index (χ0) is 18.3. The molecule has 1 amide bonds. The van der Waals surface area contributed by atoms with Gasteiger partial charge in [0.05, 0.1) is 12.3 Å². The predicted molar refractivity (Wildman–Crippen MR) is 93.2 cm³/mol. The number of ketones is 1. The molecule has 132 valence electrons. The molecule has 0 fully saturated rings. The van der Waals surface area contributed by atoms with Crippen molar-refractivity contribution < 1.29 is 18.0 Å². The Balaban J connectivity index is 1.85. The van der Waals surface area contributed by atoms with Crippen LogP contribution in [0.15, 0.2) is 48.8 Å². The summed E-state index contributed by atoms with van der Waals surface area (Å²) in [4.78, 5) is 27.0. The minimum absolute atomic E-state index is 0.136. The molecule has 0 aliphatic carbocycles. The number of rotatable bonds is 8. The molecule has 1 aromatic carbocycles. The van der Waals surface area contributed by atoms with Crippen LogP contribution in [0.2, 0.25) is 0 Å². The Kier molecular flexibility index (Phi) is 6.37. The van der Waals surface area contributed by atoms with Crippen LogP contribution in [0.1, 0.15) is 28.4 Å². The maximum Gasteiger partial charge on any atom is 0.235 e. The topological polar surface area (TPSA) is 105 Å². The summed E-state index contributed by atoms with van der Waals surface area (Å²) in [5.41, 5.74) is 1.80. The van der Waals surface area contributed by atoms with E-state index in [1.54, 1.807) is 42.7 Å². The van der Waals surface area contributed by atoms with Crippen molar-refractivity contribution in [2.24, 2.45) is 0 Å². The highest BCUT2D eigenvalue weighted by atomic mass is 32.2. The third-order valence-corrected chi connectivity index (χ3v) is 4.68. The quantitative estimate of drug-likeness (QED) is 0.683. The summed E-state index contributed by atoms with van der Waals surface area (Å²) in [6.07, 6.45) is 3.22. The van der Waals surface area contributed by atoms with Crippen LogP contribution in [0.4, 0.5) is 0 Å². The van der Waals surface area contributed by atoms with Crippen LogP contribution >= 0.6 is 0 Å². The van der Waals surface area contributed by atoms with Crippen molar-refractivity contribution in [3.05, 3.63) is 65.5 Å². The second-order valence-electron chi connectivity index (χ2n) is 5.47. The number of nitrogens with zero attached hydrogens (tertiary/aromatic N) is 1. The number of amides is 1. The molecule has 2 N–H and O–H groups in total. The minimum Gasteiger partial charge on any atom is -0.351 e. The van der Waals surface area contributed by atoms with Crippen LogP contribution in [0.3, 0.4) is 0 Å². The fourth-order valence-corrected chi connectivity index (χ4v) is 3.16. The molecule has 1 aromatic heterocycles. The summed E-state index contributed by atoms with van der Waals surface area (Å²) in [6, 6.07) is 9.92. The van der Waals surface area contributed by atoms with Crippen LogP contribution in [0.5, 0.6) is 0 Å². The van der Waals surface area contributed by atoms with Crippen molar-refractivity contribution in [3.63, 3.8) is 0 Å². The van der Waals surface area contributed by atoms with Crippen molar-refractivity contribution in [2.45, 2.75) is 19.2 Å². The number of sulfonamides is 1. The summed E-state index contributed by atoms with van der Waals surface area (Å²) in [7, 11) is -3.69. The first-order valence-electron chi connectivity index (χ1n) is 7.58. The van der Waals surface area contributed by atoms with Gasteiger partial charge in [0.25, 0.3) is 0 Å². The van der Waals surface area contributed by atoms with Gasteiger partial charge in [-0.2, -0.15) is 0 Å². The number of hydrogen-bond donors (Lipinski definition) is 2. The van der Waals surface area contributed by atoms with Crippen molar-refractivity contribution in [3.8, 4) is 0 Å². The molecule has 0 aliphatic rings. The maximum atomic E-state index is 12.1. The lowest BCUT2D eigenvalue weighted by Gasteiger charge is -2.08. The van der Waals surface area contributed by atoms with Crippen molar-refractivity contribution in [2.75, 3.05) is 6.54 Å². The van der Waals surface area contributed by atoms with Crippen LogP contribution in [0.25, 0.3) is 0 Å². The number of carbonyl (C=O) groups is 2. The van der Waals surface area contributed by atoms with Crippen molar-refractivity contribution in [1.29, 1.82) is 0 Å². The average Bonchev–Trinajstić information content (AvgIpc) is 2.59. The number of hydrogen-bond acceptors (Lipinski definition) is 5. The molecule has 0 atom stereocenters. The lowest BCUT2D eigenvalue weighted by molar-refractivity contribution is -0.120. The molecule has 0 unspecified atom stereocenters. The van der Waals surface area contributed by atoms with Crippen LogP contribution < -0.4 is 10.0 Å². The number of Topliss-reactive ketones (excluding diaryl/α,β-unsaturated/α-hetero) is 1. The SMILES string of the molecule is CC(=O)c1cccc(CS(=O)(=O)NCC(=O)NCc2ccncc2)c1. The number of benzene rings is 1. The standard InChI is InChI=1S/C17H19N3O4S/c1-13(21)16-4-2-3-15(9-16)12-25(23,24)20-11-17(22)19-10-14-5-7-18-8-6-14/h2-9,20H,10-12H2,1H3,(H,19,22). The monoisotopic (exact) mass is 361 g/mol. The molecule has 7 nitrogen and oxygen atoms in total. The Morgan fingerprint density at radius 3 is 2.48 bits per heavy atom. The van der Waals surface area contributed by atoms with E-state index in [-0.39, 0.29) is 18.1 Å². The van der Waals surface area contributed by atoms with Gasteiger partial charge < -0.3 is 5.32 Å². The summed E-state index contributed by atoms with van der Waals surface area (Å²) >= 11 is 0. The van der Waals surface area contributed by atoms with Gasteiger partial charge in [-0.15, -0.1) is 0 Å². The number of aromatic nitrogens is 1. The first kappa shape index (κ1) is 18.8. The Morgan fingerprint density at radius 2 is 1.80 bits per heavy atom. The van der Waals surface area contributed by atoms with Gasteiger partial charge in [0.15, 0.2) is 5.78 Å². The van der Waals surface area contributed by atoms with Gasteiger partial charge in [-0.1, -0.05) is 18.2 Å². The molecular formula is C17H19N3O4S. The largest absolute Gasteiger partial charge is 0.351 e. The normalized spacial score (nSPS) is 11.1. The van der Waals surface area contributed by atoms with Gasteiger partial charge in [0.1, 0.15) is 0 Å². The van der Waals surface area contributed by atoms with E-state index in [0.29, 0.717) is 17.7 Å². The second-order valence-corrected chi connectivity index (χ2v) is 7.28. The van der Waals surface area contributed by atoms with Crippen LogP contribution in [-0.4, -0.2) is 31.6 Å². The van der Waals surface area contributed by atoms with Crippen LogP contribution in [-0.2, 0) is 27.1 Å². The third-order valence-electron chi connectivity index (χ3n) is 3.38. The summed E-state index contributed by atoms with van der Waals surface area (Å²) < 4.78 is 26.4. The van der Waals surface area contributed by atoms with E-state index in [1.807, 2.05) is 0 Å². The summed E-state index contributed by atoms with van der Waals surface area (Å²) in [6.45, 7) is 1.36. The second kappa shape index (κ2) is 8.50. The van der Waals surface area contributed by atoms with E-state index in [2.05, 4.69) is 15.0 Å². The molecule has 0 saturated carbocycles. The van der Waals surface area contributed by atoms with Gasteiger partial charge >= 0.3 is 0 Å². The predicted octanol–water partition coefficient (Wildman–Crippen LogP) is 1.02. The minimum atomic E-state index is -3.69. The van der Waals surface area contributed by atoms with E-state index in [1.165, 1.54) is 13.0 Å². The highest BCUT2D eigenvalue weighted by Gasteiger charge is 2.14. The maximum absolute atomic E-state index is 12.1. The molecule has 1 heterocycles. The molecule has 2 aromatic rings. The van der Waals surface area contributed by atoms with E-state index in [9.17, 15) is 18.0 Å². The molecule has 0 spiro atoms. The Labute approximate surface area is 146 Å². The molecule has 0 saturated heterocycles. The van der Waals surface area contributed by atoms with Crippen molar-refractivity contribution in [1.82, 2.24) is 15.0 Å². The van der Waals surface area contributed by atoms with Crippen LogP contribution in [0, 0.1) is 0 Å². The Hall–Kier alpha value is -2.58. The average molecular weight is 361 g/mol. The fraction of sp³-hybridized carbons (Fsp3) is 0.235. The molecule has 25 heavy (non-hydrogen) atoms. The number of pyridine rings is 1.